The monoisotopic (exact) mass is 557 g/mol. The molecule has 3 rings (SSSR count). The summed E-state index contributed by atoms with van der Waals surface area (Å²) in [6.07, 6.45) is -2.66. The first-order chi connectivity index (χ1) is 13.8. The smallest absolute Gasteiger partial charge is 0.367 e. The summed E-state index contributed by atoms with van der Waals surface area (Å²) in [5.41, 5.74) is 0.697. The van der Waals surface area contributed by atoms with Gasteiger partial charge >= 0.3 is 6.18 Å². The number of rotatable bonds is 4. The van der Waals surface area contributed by atoms with E-state index in [0.29, 0.717) is 23.2 Å². The zero-order valence-corrected chi connectivity index (χ0v) is 19.7. The standard InChI is InChI=1S/C19H23F4N5S.HI/c1-12-5-6-14(20)15(8-12)28-7-3-4-13(10-28)26-18(24-2)25-9-17-27-16(11-29-17)19(21,22)23;/h5-6,8,11,13H,3-4,7,9-10H2,1-2H3,(H2,24,25,26);1H. The lowest BCUT2D eigenvalue weighted by atomic mass is 10.0. The van der Waals surface area contributed by atoms with Crippen molar-refractivity contribution in [1.29, 1.82) is 0 Å². The average molecular weight is 557 g/mol. The number of hydrogen-bond acceptors (Lipinski definition) is 4. The van der Waals surface area contributed by atoms with Gasteiger partial charge in [-0.3, -0.25) is 4.99 Å². The van der Waals surface area contributed by atoms with Gasteiger partial charge < -0.3 is 15.5 Å². The van der Waals surface area contributed by atoms with Crippen LogP contribution in [-0.2, 0) is 12.7 Å². The Morgan fingerprint density at radius 2 is 2.13 bits per heavy atom. The number of alkyl halides is 3. The molecule has 5 nitrogen and oxygen atoms in total. The molecule has 0 amide bonds. The minimum absolute atomic E-state index is 0. The summed E-state index contributed by atoms with van der Waals surface area (Å²) in [5.74, 6) is 0.230. The van der Waals surface area contributed by atoms with Crippen molar-refractivity contribution in [3.63, 3.8) is 0 Å². The van der Waals surface area contributed by atoms with Gasteiger partial charge in [0.1, 0.15) is 10.8 Å². The van der Waals surface area contributed by atoms with Crippen LogP contribution in [0.1, 0.15) is 29.1 Å². The summed E-state index contributed by atoms with van der Waals surface area (Å²) in [4.78, 5) is 9.75. The Hall–Kier alpha value is -1.63. The molecule has 0 bridgehead atoms. The largest absolute Gasteiger partial charge is 0.434 e. The van der Waals surface area contributed by atoms with Crippen molar-refractivity contribution in [2.24, 2.45) is 4.99 Å². The van der Waals surface area contributed by atoms with Crippen LogP contribution >= 0.6 is 35.3 Å². The normalized spacial score (nSPS) is 17.5. The first kappa shape index (κ1) is 24.6. The average Bonchev–Trinajstić information content (AvgIpc) is 3.17. The number of halogens is 5. The van der Waals surface area contributed by atoms with Gasteiger partial charge in [0.15, 0.2) is 11.7 Å². The number of anilines is 1. The molecule has 2 N–H and O–H groups in total. The fourth-order valence-corrected chi connectivity index (χ4v) is 3.99. The van der Waals surface area contributed by atoms with Crippen molar-refractivity contribution in [1.82, 2.24) is 15.6 Å². The maximum atomic E-state index is 14.2. The third-order valence-electron chi connectivity index (χ3n) is 4.68. The summed E-state index contributed by atoms with van der Waals surface area (Å²) in [7, 11) is 1.60. The number of benzene rings is 1. The summed E-state index contributed by atoms with van der Waals surface area (Å²) in [6, 6.07) is 5.10. The maximum Gasteiger partial charge on any atom is 0.434 e. The predicted molar refractivity (Wildman–Crippen MR) is 122 cm³/mol. The summed E-state index contributed by atoms with van der Waals surface area (Å²) < 4.78 is 52.2. The highest BCUT2D eigenvalue weighted by atomic mass is 127. The van der Waals surface area contributed by atoms with Crippen LogP contribution in [0.5, 0.6) is 0 Å². The van der Waals surface area contributed by atoms with E-state index >= 15 is 0 Å². The van der Waals surface area contributed by atoms with E-state index < -0.39 is 11.9 Å². The number of hydrogen-bond donors (Lipinski definition) is 2. The molecule has 0 aliphatic carbocycles. The molecule has 2 aromatic rings. The van der Waals surface area contributed by atoms with Gasteiger partial charge in [-0.25, -0.2) is 9.37 Å². The Labute approximate surface area is 194 Å². The van der Waals surface area contributed by atoms with E-state index in [4.69, 9.17) is 0 Å². The van der Waals surface area contributed by atoms with Gasteiger partial charge in [0.2, 0.25) is 0 Å². The highest BCUT2D eigenvalue weighted by molar-refractivity contribution is 14.0. The van der Waals surface area contributed by atoms with Crippen LogP contribution in [0.4, 0.5) is 23.2 Å². The second kappa shape index (κ2) is 10.6. The van der Waals surface area contributed by atoms with Crippen molar-refractivity contribution in [3.05, 3.63) is 45.7 Å². The number of piperidine rings is 1. The second-order valence-corrected chi connectivity index (χ2v) is 7.88. The van der Waals surface area contributed by atoms with Gasteiger partial charge in [-0.2, -0.15) is 13.2 Å². The molecule has 1 aromatic carbocycles. The zero-order chi connectivity index (χ0) is 21.0. The Morgan fingerprint density at radius 1 is 1.37 bits per heavy atom. The highest BCUT2D eigenvalue weighted by Gasteiger charge is 2.33. The van der Waals surface area contributed by atoms with Gasteiger partial charge in [0.05, 0.1) is 12.2 Å². The molecule has 166 valence electrons. The van der Waals surface area contributed by atoms with Gasteiger partial charge in [0.25, 0.3) is 0 Å². The minimum atomic E-state index is -4.44. The van der Waals surface area contributed by atoms with Crippen LogP contribution in [0.25, 0.3) is 0 Å². The first-order valence-electron chi connectivity index (χ1n) is 9.26. The Kier molecular flexibility index (Phi) is 8.71. The van der Waals surface area contributed by atoms with Crippen molar-refractivity contribution in [2.45, 2.75) is 38.5 Å². The van der Waals surface area contributed by atoms with Crippen LogP contribution in [0.3, 0.4) is 0 Å². The number of aryl methyl sites for hydroxylation is 1. The molecule has 0 radical (unpaired) electrons. The lowest BCUT2D eigenvalue weighted by Crippen LogP contribution is -2.51. The molecule has 11 heteroatoms. The van der Waals surface area contributed by atoms with E-state index in [1.807, 2.05) is 17.9 Å². The maximum absolute atomic E-state index is 14.2. The molecule has 1 aliphatic rings. The number of nitrogens with zero attached hydrogens (tertiary/aromatic N) is 3. The summed E-state index contributed by atoms with van der Waals surface area (Å²) in [6.45, 7) is 3.45. The molecule has 30 heavy (non-hydrogen) atoms. The highest BCUT2D eigenvalue weighted by Crippen LogP contribution is 2.30. The SMILES string of the molecule is CN=C(NCc1nc(C(F)(F)F)cs1)NC1CCCN(c2cc(C)ccc2F)C1.I. The van der Waals surface area contributed by atoms with Crippen LogP contribution < -0.4 is 15.5 Å². The van der Waals surface area contributed by atoms with Crippen LogP contribution in [0.15, 0.2) is 28.6 Å². The quantitative estimate of drug-likeness (QED) is 0.251. The van der Waals surface area contributed by atoms with Crippen LogP contribution in [0, 0.1) is 12.7 Å². The predicted octanol–water partition coefficient (Wildman–Crippen LogP) is 4.56. The van der Waals surface area contributed by atoms with Gasteiger partial charge in [-0.15, -0.1) is 35.3 Å². The Balaban J connectivity index is 0.00000320. The number of aliphatic imine (C=N–C) groups is 1. The summed E-state index contributed by atoms with van der Waals surface area (Å²) >= 11 is 0.949. The molecule has 1 unspecified atom stereocenters. The van der Waals surface area contributed by atoms with Gasteiger partial charge in [-0.1, -0.05) is 6.07 Å². The van der Waals surface area contributed by atoms with Crippen LogP contribution in [0.2, 0.25) is 0 Å². The molecular weight excluding hydrogens is 533 g/mol. The molecule has 1 aromatic heterocycles. The Bertz CT molecular complexity index is 871. The number of guanidine groups is 1. The molecule has 1 atom stereocenters. The lowest BCUT2D eigenvalue weighted by molar-refractivity contribution is -0.140. The first-order valence-corrected chi connectivity index (χ1v) is 10.1. The fraction of sp³-hybridized carbons (Fsp3) is 0.474. The third kappa shape index (κ3) is 6.43. The lowest BCUT2D eigenvalue weighted by Gasteiger charge is -2.35. The van der Waals surface area contributed by atoms with E-state index in [0.717, 1.165) is 41.7 Å². The van der Waals surface area contributed by atoms with E-state index in [9.17, 15) is 17.6 Å². The summed E-state index contributed by atoms with van der Waals surface area (Å²) in [5, 5.41) is 7.60. The Morgan fingerprint density at radius 3 is 2.80 bits per heavy atom. The zero-order valence-electron chi connectivity index (χ0n) is 16.6. The number of thiazole rings is 1. The minimum Gasteiger partial charge on any atom is -0.367 e. The van der Waals surface area contributed by atoms with Gasteiger partial charge in [-0.05, 0) is 37.5 Å². The molecule has 1 saturated heterocycles. The van der Waals surface area contributed by atoms with E-state index in [2.05, 4.69) is 20.6 Å². The van der Waals surface area contributed by atoms with Crippen LogP contribution in [-0.4, -0.2) is 37.1 Å². The molecular formula is C19H24F4IN5S. The molecule has 2 heterocycles. The van der Waals surface area contributed by atoms with Crippen molar-refractivity contribution in [2.75, 3.05) is 25.0 Å². The van der Waals surface area contributed by atoms with E-state index in [1.54, 1.807) is 13.1 Å². The van der Waals surface area contributed by atoms with Crippen molar-refractivity contribution in [3.8, 4) is 0 Å². The molecule has 0 saturated carbocycles. The number of aromatic nitrogens is 1. The molecule has 0 spiro atoms. The van der Waals surface area contributed by atoms with Gasteiger partial charge in [0, 0.05) is 31.6 Å². The second-order valence-electron chi connectivity index (χ2n) is 6.93. The van der Waals surface area contributed by atoms with Crippen molar-refractivity contribution >= 4 is 47.0 Å². The topological polar surface area (TPSA) is 52.6 Å². The third-order valence-corrected chi connectivity index (χ3v) is 5.53. The van der Waals surface area contributed by atoms with E-state index in [1.165, 1.54) is 6.07 Å². The fourth-order valence-electron chi connectivity index (χ4n) is 3.25. The van der Waals surface area contributed by atoms with Crippen molar-refractivity contribution < 1.29 is 17.6 Å². The molecule has 1 aliphatic heterocycles. The van der Waals surface area contributed by atoms with E-state index in [-0.39, 0.29) is 42.4 Å². The number of nitrogens with one attached hydrogen (secondary N) is 2. The molecule has 1 fully saturated rings.